The molecule has 2 aliphatic heterocycles. The van der Waals surface area contributed by atoms with Crippen LogP contribution in [-0.2, 0) is 9.59 Å². The monoisotopic (exact) mass is 497 g/mol. The van der Waals surface area contributed by atoms with E-state index in [1.54, 1.807) is 0 Å². The van der Waals surface area contributed by atoms with Crippen LogP contribution in [0.3, 0.4) is 0 Å². The SMILES string of the molecule is Fc1ccc([C@H]2CCNC[C@@H]2COc2ccc3c(c2)OCO3)cc1.O.O=C(O)[C@@H](O)[C@H](O)C(=O)O. The van der Waals surface area contributed by atoms with Crippen LogP contribution in [0.5, 0.6) is 17.2 Å². The summed E-state index contributed by atoms with van der Waals surface area (Å²) in [6.45, 7) is 2.74. The molecule has 0 amide bonds. The topological polar surface area (TPSA) is 186 Å². The number of aliphatic carboxylic acids is 2. The molecule has 2 aromatic rings. The Kier molecular flexibility index (Phi) is 10.2. The lowest BCUT2D eigenvalue weighted by Crippen LogP contribution is -2.39. The minimum absolute atomic E-state index is 0. The van der Waals surface area contributed by atoms with E-state index in [0.717, 1.165) is 36.8 Å². The molecule has 1 fully saturated rings. The van der Waals surface area contributed by atoms with E-state index in [4.69, 9.17) is 34.6 Å². The number of hydrogen-bond acceptors (Lipinski definition) is 8. The largest absolute Gasteiger partial charge is 0.493 e. The Hall–Kier alpha value is -3.45. The molecule has 0 bridgehead atoms. The van der Waals surface area contributed by atoms with Crippen LogP contribution in [-0.4, -0.2) is 76.5 Å². The Balaban J connectivity index is 0.000000338. The number of piperidine rings is 1. The van der Waals surface area contributed by atoms with E-state index in [2.05, 4.69) is 5.32 Å². The summed E-state index contributed by atoms with van der Waals surface area (Å²) >= 11 is 0. The molecule has 4 rings (SSSR count). The van der Waals surface area contributed by atoms with E-state index in [0.29, 0.717) is 18.4 Å². The third-order valence-electron chi connectivity index (χ3n) is 5.52. The summed E-state index contributed by atoms with van der Waals surface area (Å²) < 4.78 is 29.9. The van der Waals surface area contributed by atoms with Crippen molar-refractivity contribution >= 4 is 11.9 Å². The summed E-state index contributed by atoms with van der Waals surface area (Å²) in [4.78, 5) is 19.5. The first kappa shape index (κ1) is 27.8. The summed E-state index contributed by atoms with van der Waals surface area (Å²) in [5, 5.41) is 36.0. The van der Waals surface area contributed by atoms with Crippen LogP contribution in [0, 0.1) is 11.7 Å². The second-order valence-electron chi connectivity index (χ2n) is 7.80. The molecule has 0 aromatic heterocycles. The molecule has 2 heterocycles. The summed E-state index contributed by atoms with van der Waals surface area (Å²) in [5.74, 6) is -0.751. The van der Waals surface area contributed by atoms with Gasteiger partial charge in [0.15, 0.2) is 23.7 Å². The van der Waals surface area contributed by atoms with E-state index >= 15 is 0 Å². The first-order valence-corrected chi connectivity index (χ1v) is 10.6. The highest BCUT2D eigenvalue weighted by Gasteiger charge is 2.29. The van der Waals surface area contributed by atoms with Crippen LogP contribution >= 0.6 is 0 Å². The highest BCUT2D eigenvalue weighted by Crippen LogP contribution is 2.36. The van der Waals surface area contributed by atoms with Gasteiger partial charge in [0.25, 0.3) is 0 Å². The van der Waals surface area contributed by atoms with Crippen LogP contribution in [0.1, 0.15) is 17.9 Å². The average Bonchev–Trinajstić information content (AvgIpc) is 3.31. The van der Waals surface area contributed by atoms with Crippen molar-refractivity contribution in [2.24, 2.45) is 5.92 Å². The van der Waals surface area contributed by atoms with Crippen molar-refractivity contribution in [2.75, 3.05) is 26.5 Å². The standard InChI is InChI=1S/C19H20FNO3.C4H6O6.H2O/c20-15-3-1-13(2-4-15)17-7-8-21-10-14(17)11-22-16-5-6-18-19(9-16)24-12-23-18;5-1(3(7)8)2(6)4(9)10;/h1-6,9,14,17,21H,7-8,10-12H2;1-2,5-6H,(H,7,8)(H,9,10);1H2/t14-,17-;1-,2-;/m10./s1. The molecule has 12 heteroatoms. The Morgan fingerprint density at radius 3 is 2.29 bits per heavy atom. The van der Waals surface area contributed by atoms with Gasteiger partial charge in [0.05, 0.1) is 6.61 Å². The van der Waals surface area contributed by atoms with Gasteiger partial charge in [-0.15, -0.1) is 0 Å². The smallest absolute Gasteiger partial charge is 0.335 e. The Morgan fingerprint density at radius 1 is 1.03 bits per heavy atom. The number of aliphatic hydroxyl groups is 2. The number of carboxylic acid groups (broad SMARTS) is 2. The van der Waals surface area contributed by atoms with Crippen molar-refractivity contribution in [2.45, 2.75) is 24.5 Å². The normalized spacial score (nSPS) is 19.9. The van der Waals surface area contributed by atoms with Crippen LogP contribution in [0.15, 0.2) is 42.5 Å². The zero-order valence-electron chi connectivity index (χ0n) is 18.6. The van der Waals surface area contributed by atoms with Crippen LogP contribution < -0.4 is 19.5 Å². The highest BCUT2D eigenvalue weighted by molar-refractivity contribution is 5.83. The third-order valence-corrected chi connectivity index (χ3v) is 5.52. The molecule has 2 aromatic carbocycles. The molecule has 0 aliphatic carbocycles. The molecule has 11 nitrogen and oxygen atoms in total. The Morgan fingerprint density at radius 2 is 1.66 bits per heavy atom. The fourth-order valence-corrected chi connectivity index (χ4v) is 3.69. The predicted molar refractivity (Wildman–Crippen MR) is 119 cm³/mol. The molecule has 0 saturated carbocycles. The van der Waals surface area contributed by atoms with Crippen LogP contribution in [0.2, 0.25) is 0 Å². The molecule has 0 unspecified atom stereocenters. The summed E-state index contributed by atoms with van der Waals surface area (Å²) in [5.41, 5.74) is 1.18. The first-order chi connectivity index (χ1) is 16.3. The first-order valence-electron chi connectivity index (χ1n) is 10.6. The highest BCUT2D eigenvalue weighted by atomic mass is 19.1. The van der Waals surface area contributed by atoms with Gasteiger partial charge in [-0.25, -0.2) is 14.0 Å². The lowest BCUT2D eigenvalue weighted by atomic mass is 9.81. The zero-order chi connectivity index (χ0) is 24.7. The van der Waals surface area contributed by atoms with Crippen molar-refractivity contribution in [3.05, 3.63) is 53.8 Å². The summed E-state index contributed by atoms with van der Waals surface area (Å²) in [6.07, 6.45) is -3.50. The second kappa shape index (κ2) is 12.9. The molecule has 0 radical (unpaired) electrons. The van der Waals surface area contributed by atoms with Crippen LogP contribution in [0.4, 0.5) is 4.39 Å². The number of carboxylic acids is 2. The van der Waals surface area contributed by atoms with E-state index in [1.807, 2.05) is 30.3 Å². The number of nitrogens with one attached hydrogen (secondary N) is 1. The minimum Gasteiger partial charge on any atom is -0.493 e. The van der Waals surface area contributed by atoms with Crippen molar-refractivity contribution in [1.29, 1.82) is 0 Å². The van der Waals surface area contributed by atoms with Gasteiger partial charge in [-0.05, 0) is 48.7 Å². The van der Waals surface area contributed by atoms with Crippen molar-refractivity contribution in [3.63, 3.8) is 0 Å². The fourth-order valence-electron chi connectivity index (χ4n) is 3.69. The van der Waals surface area contributed by atoms with E-state index in [-0.39, 0.29) is 18.1 Å². The number of hydrogen-bond donors (Lipinski definition) is 5. The van der Waals surface area contributed by atoms with Gasteiger partial charge >= 0.3 is 11.9 Å². The minimum atomic E-state index is -2.27. The van der Waals surface area contributed by atoms with E-state index in [9.17, 15) is 14.0 Å². The lowest BCUT2D eigenvalue weighted by molar-refractivity contribution is -0.165. The van der Waals surface area contributed by atoms with Gasteiger partial charge < -0.3 is 45.4 Å². The van der Waals surface area contributed by atoms with Gasteiger partial charge in [0.1, 0.15) is 11.6 Å². The zero-order valence-corrected chi connectivity index (χ0v) is 18.6. The molecule has 2 aliphatic rings. The number of ether oxygens (including phenoxy) is 3. The van der Waals surface area contributed by atoms with Crippen molar-refractivity contribution in [3.8, 4) is 17.2 Å². The second-order valence-corrected chi connectivity index (χ2v) is 7.80. The lowest BCUT2D eigenvalue weighted by Gasteiger charge is -2.32. The number of aliphatic hydroxyl groups excluding tert-OH is 2. The maximum Gasteiger partial charge on any atom is 0.335 e. The third kappa shape index (κ3) is 7.52. The molecule has 1 saturated heterocycles. The van der Waals surface area contributed by atoms with Crippen molar-refractivity contribution in [1.82, 2.24) is 5.32 Å². The summed E-state index contributed by atoms with van der Waals surface area (Å²) in [6, 6.07) is 12.5. The molecular weight excluding hydrogens is 469 g/mol. The van der Waals surface area contributed by atoms with Gasteiger partial charge in [-0.2, -0.15) is 0 Å². The van der Waals surface area contributed by atoms with Crippen molar-refractivity contribution < 1.29 is 54.1 Å². The quantitative estimate of drug-likeness (QED) is 0.358. The van der Waals surface area contributed by atoms with E-state index < -0.39 is 24.1 Å². The van der Waals surface area contributed by atoms with E-state index in [1.165, 1.54) is 17.7 Å². The molecule has 35 heavy (non-hydrogen) atoms. The number of rotatable bonds is 7. The van der Waals surface area contributed by atoms with Crippen LogP contribution in [0.25, 0.3) is 0 Å². The molecule has 0 spiro atoms. The van der Waals surface area contributed by atoms with Gasteiger partial charge in [-0.1, -0.05) is 12.1 Å². The summed E-state index contributed by atoms with van der Waals surface area (Å²) in [7, 11) is 0. The fraction of sp³-hybridized carbons (Fsp3) is 0.391. The molecule has 192 valence electrons. The number of carbonyl (C=O) groups is 2. The average molecular weight is 497 g/mol. The van der Waals surface area contributed by atoms with Gasteiger partial charge in [-0.3, -0.25) is 0 Å². The number of halogens is 1. The Bertz CT molecular complexity index is 969. The van der Waals surface area contributed by atoms with Gasteiger partial charge in [0, 0.05) is 18.5 Å². The predicted octanol–water partition coefficient (Wildman–Crippen LogP) is 0.379. The molecule has 7 N–H and O–H groups in total. The molecule has 4 atom stereocenters. The maximum absolute atomic E-state index is 13.2. The Labute approximate surface area is 200 Å². The molecular formula is C23H28FNO10. The number of benzene rings is 2. The maximum atomic E-state index is 13.2. The number of fused-ring (bicyclic) bond motifs is 1. The van der Waals surface area contributed by atoms with Gasteiger partial charge in [0.2, 0.25) is 6.79 Å².